The molecule has 0 bridgehead atoms. The smallest absolute Gasteiger partial charge is 0.306 e. The standard InChI is InChI=1S/C69H106O6/c1-4-7-10-13-16-19-22-25-27-29-31-32-33-34-35-36-38-39-41-44-47-50-53-56-59-62-68(71)74-65-66(64-73-67(70)61-58-55-52-49-46-43-24-21-18-15-12-9-6-3)75-69(72)63-60-57-54-51-48-45-42-40-37-30-28-26-23-20-17-14-11-8-5-2/h7-12,16-21,25-28,31-32,34-35,37,40,43,45-46,48,54,57,66H,4-6,13-15,22-24,29-30,33,36,38-39,41-42,44,47,49-53,55-56,58-65H2,1-3H3/b10-7-,11-8-,12-9-,19-16-,20-17-,21-18-,27-25-,28-26-,32-31-,35-34-,40-37-,46-43-,48-45-,57-54-. The molecule has 0 aromatic rings. The van der Waals surface area contributed by atoms with E-state index in [-0.39, 0.29) is 31.6 Å². The van der Waals surface area contributed by atoms with Crippen LogP contribution in [0.4, 0.5) is 0 Å². The first kappa shape index (κ1) is 69.8. The van der Waals surface area contributed by atoms with Gasteiger partial charge in [0.05, 0.1) is 0 Å². The molecule has 1 atom stereocenters. The van der Waals surface area contributed by atoms with Crippen molar-refractivity contribution in [3.05, 3.63) is 170 Å². The molecule has 0 saturated heterocycles. The third-order valence-corrected chi connectivity index (χ3v) is 11.7. The first-order valence-electron chi connectivity index (χ1n) is 29.6. The second-order valence-corrected chi connectivity index (χ2v) is 18.8. The molecular formula is C69H106O6. The summed E-state index contributed by atoms with van der Waals surface area (Å²) in [6, 6.07) is 0. The minimum Gasteiger partial charge on any atom is -0.462 e. The Morgan fingerprint density at radius 3 is 0.813 bits per heavy atom. The zero-order valence-electron chi connectivity index (χ0n) is 47.7. The highest BCUT2D eigenvalue weighted by molar-refractivity contribution is 5.71. The van der Waals surface area contributed by atoms with Crippen LogP contribution in [0.25, 0.3) is 0 Å². The van der Waals surface area contributed by atoms with Crippen molar-refractivity contribution < 1.29 is 28.6 Å². The Balaban J connectivity index is 4.50. The van der Waals surface area contributed by atoms with Gasteiger partial charge in [0.2, 0.25) is 0 Å². The summed E-state index contributed by atoms with van der Waals surface area (Å²) in [5.41, 5.74) is 0. The molecule has 0 N–H and O–H groups in total. The summed E-state index contributed by atoms with van der Waals surface area (Å²) in [4.78, 5) is 38.2. The Labute approximate surface area is 460 Å². The molecule has 6 heteroatoms. The second kappa shape index (κ2) is 61.3. The molecule has 1 unspecified atom stereocenters. The lowest BCUT2D eigenvalue weighted by Gasteiger charge is -2.18. The van der Waals surface area contributed by atoms with E-state index in [0.717, 1.165) is 141 Å². The minimum atomic E-state index is -0.843. The van der Waals surface area contributed by atoms with Crippen LogP contribution < -0.4 is 0 Å². The molecule has 0 fully saturated rings. The summed E-state index contributed by atoms with van der Waals surface area (Å²) in [5, 5.41) is 0. The summed E-state index contributed by atoms with van der Waals surface area (Å²) in [6.07, 6.45) is 90.8. The predicted molar refractivity (Wildman–Crippen MR) is 325 cm³/mol. The summed E-state index contributed by atoms with van der Waals surface area (Å²) in [5.74, 6) is -1.06. The van der Waals surface area contributed by atoms with Gasteiger partial charge in [0, 0.05) is 19.3 Å². The van der Waals surface area contributed by atoms with E-state index in [4.69, 9.17) is 14.2 Å². The topological polar surface area (TPSA) is 78.9 Å². The van der Waals surface area contributed by atoms with Gasteiger partial charge in [-0.25, -0.2) is 0 Å². The number of carbonyl (C=O) groups is 3. The summed E-state index contributed by atoms with van der Waals surface area (Å²) < 4.78 is 16.8. The van der Waals surface area contributed by atoms with Crippen LogP contribution in [0.2, 0.25) is 0 Å². The molecule has 0 saturated carbocycles. The molecule has 0 aliphatic heterocycles. The van der Waals surface area contributed by atoms with E-state index in [0.29, 0.717) is 19.3 Å². The van der Waals surface area contributed by atoms with Crippen molar-refractivity contribution >= 4 is 17.9 Å². The molecule has 0 amide bonds. The first-order chi connectivity index (χ1) is 37.0. The van der Waals surface area contributed by atoms with E-state index in [1.165, 1.54) is 38.5 Å². The Morgan fingerprint density at radius 1 is 0.267 bits per heavy atom. The molecule has 6 nitrogen and oxygen atoms in total. The van der Waals surface area contributed by atoms with E-state index in [1.807, 2.05) is 12.2 Å². The maximum absolute atomic E-state index is 12.8. The maximum Gasteiger partial charge on any atom is 0.306 e. The van der Waals surface area contributed by atoms with Crippen molar-refractivity contribution in [2.24, 2.45) is 0 Å². The summed E-state index contributed by atoms with van der Waals surface area (Å²) in [6.45, 7) is 6.19. The molecule has 418 valence electrons. The maximum atomic E-state index is 12.8. The van der Waals surface area contributed by atoms with Crippen molar-refractivity contribution in [3.63, 3.8) is 0 Å². The van der Waals surface area contributed by atoms with E-state index >= 15 is 0 Å². The third kappa shape index (κ3) is 59.5. The number of carbonyl (C=O) groups excluding carboxylic acids is 3. The number of ether oxygens (including phenoxy) is 3. The van der Waals surface area contributed by atoms with E-state index in [1.54, 1.807) is 0 Å². The van der Waals surface area contributed by atoms with Gasteiger partial charge in [-0.15, -0.1) is 0 Å². The predicted octanol–water partition coefficient (Wildman–Crippen LogP) is 20.3. The van der Waals surface area contributed by atoms with Gasteiger partial charge < -0.3 is 14.2 Å². The zero-order chi connectivity index (χ0) is 54.3. The highest BCUT2D eigenvalue weighted by Gasteiger charge is 2.19. The Bertz CT molecular complexity index is 1750. The molecule has 0 aliphatic carbocycles. The number of esters is 3. The van der Waals surface area contributed by atoms with Crippen molar-refractivity contribution in [2.75, 3.05) is 13.2 Å². The van der Waals surface area contributed by atoms with Gasteiger partial charge in [0.1, 0.15) is 13.2 Å². The van der Waals surface area contributed by atoms with E-state index < -0.39 is 12.1 Å². The lowest BCUT2D eigenvalue weighted by atomic mass is 10.1. The van der Waals surface area contributed by atoms with Gasteiger partial charge in [-0.1, -0.05) is 242 Å². The van der Waals surface area contributed by atoms with Crippen LogP contribution in [0, 0.1) is 0 Å². The fraction of sp³-hybridized carbons (Fsp3) is 0.551. The van der Waals surface area contributed by atoms with Gasteiger partial charge in [-0.3, -0.25) is 14.4 Å². The normalized spacial score (nSPS) is 13.4. The third-order valence-electron chi connectivity index (χ3n) is 11.7. The van der Waals surface area contributed by atoms with Crippen molar-refractivity contribution in [2.45, 2.75) is 232 Å². The van der Waals surface area contributed by atoms with Crippen LogP contribution in [0.5, 0.6) is 0 Å². The lowest BCUT2D eigenvalue weighted by molar-refractivity contribution is -0.166. The van der Waals surface area contributed by atoms with E-state index in [9.17, 15) is 14.4 Å². The monoisotopic (exact) mass is 1030 g/mol. The SMILES string of the molecule is CC/C=C\C/C=C\C/C=C\C/C=C\C/C=C\C/C=C\CCC(=O)OC(COC(=O)CCCCC/C=C\C/C=C\C/C=C\CC)COC(=O)CCCCCCCCCCC/C=C\C/C=C\C/C=C\C/C=C\C/C=C\CC. The van der Waals surface area contributed by atoms with E-state index in [2.05, 4.69) is 179 Å². The zero-order valence-corrected chi connectivity index (χ0v) is 47.7. The van der Waals surface area contributed by atoms with Gasteiger partial charge in [0.25, 0.3) is 0 Å². The molecule has 0 heterocycles. The molecule has 0 aliphatic rings. The van der Waals surface area contributed by atoms with Crippen LogP contribution in [-0.4, -0.2) is 37.2 Å². The van der Waals surface area contributed by atoms with Crippen molar-refractivity contribution in [1.82, 2.24) is 0 Å². The summed E-state index contributed by atoms with van der Waals surface area (Å²) in [7, 11) is 0. The Kier molecular flexibility index (Phi) is 57.0. The largest absolute Gasteiger partial charge is 0.462 e. The molecule has 0 radical (unpaired) electrons. The van der Waals surface area contributed by atoms with Crippen molar-refractivity contribution in [1.29, 1.82) is 0 Å². The molecule has 0 rings (SSSR count). The minimum absolute atomic E-state index is 0.129. The molecular weight excluding hydrogens is 925 g/mol. The fourth-order valence-corrected chi connectivity index (χ4v) is 7.39. The van der Waals surface area contributed by atoms with Crippen LogP contribution in [0.1, 0.15) is 226 Å². The highest BCUT2D eigenvalue weighted by Crippen LogP contribution is 2.13. The fourth-order valence-electron chi connectivity index (χ4n) is 7.39. The average molecular weight is 1030 g/mol. The Hall–Kier alpha value is -5.23. The number of hydrogen-bond acceptors (Lipinski definition) is 6. The lowest BCUT2D eigenvalue weighted by Crippen LogP contribution is -2.30. The second-order valence-electron chi connectivity index (χ2n) is 18.8. The first-order valence-corrected chi connectivity index (χ1v) is 29.6. The van der Waals surface area contributed by atoms with Gasteiger partial charge in [-0.05, 0) is 135 Å². The summed E-state index contributed by atoms with van der Waals surface area (Å²) >= 11 is 0. The van der Waals surface area contributed by atoms with Gasteiger partial charge in [-0.2, -0.15) is 0 Å². The number of allylic oxidation sites excluding steroid dienone is 28. The van der Waals surface area contributed by atoms with Crippen LogP contribution in [-0.2, 0) is 28.6 Å². The molecule has 0 aromatic heterocycles. The highest BCUT2D eigenvalue weighted by atomic mass is 16.6. The number of rotatable bonds is 51. The van der Waals surface area contributed by atoms with Crippen LogP contribution in [0.3, 0.4) is 0 Å². The van der Waals surface area contributed by atoms with Crippen molar-refractivity contribution in [3.8, 4) is 0 Å². The Morgan fingerprint density at radius 2 is 0.507 bits per heavy atom. The number of hydrogen-bond donors (Lipinski definition) is 0. The van der Waals surface area contributed by atoms with Gasteiger partial charge in [0.15, 0.2) is 6.10 Å². The average Bonchev–Trinajstić information content (AvgIpc) is 3.41. The van der Waals surface area contributed by atoms with Gasteiger partial charge >= 0.3 is 17.9 Å². The number of unbranched alkanes of at least 4 members (excludes halogenated alkanes) is 12. The molecule has 75 heavy (non-hydrogen) atoms. The quantitative estimate of drug-likeness (QED) is 0.0261. The van der Waals surface area contributed by atoms with Crippen LogP contribution >= 0.6 is 0 Å². The molecule has 0 aromatic carbocycles. The molecule has 0 spiro atoms. The van der Waals surface area contributed by atoms with Crippen LogP contribution in [0.15, 0.2) is 170 Å².